The Morgan fingerprint density at radius 3 is 2.26 bits per heavy atom. The average Bonchev–Trinajstić information content (AvgIpc) is 2.26. The Balaban J connectivity index is 3.08. The molecule has 104 valence electrons. The van der Waals surface area contributed by atoms with Gasteiger partial charge in [-0.3, -0.25) is 0 Å². The molecule has 1 aromatic carbocycles. The highest BCUT2D eigenvalue weighted by Crippen LogP contribution is 2.43. The number of hydrogen-bond donors (Lipinski definition) is 1. The summed E-state index contributed by atoms with van der Waals surface area (Å²) in [7, 11) is 0. The van der Waals surface area contributed by atoms with Crippen LogP contribution in [0, 0.1) is 11.3 Å². The molecule has 0 aliphatic rings. The summed E-state index contributed by atoms with van der Waals surface area (Å²) in [4.78, 5) is 0. The molecule has 1 atom stereocenters. The predicted molar refractivity (Wildman–Crippen MR) is 56.3 cm³/mol. The monoisotopic (exact) mass is 279 g/mol. The molecule has 0 aliphatic carbocycles. The zero-order chi connectivity index (χ0) is 14.9. The largest absolute Gasteiger partial charge is 0.453 e. The molecule has 0 heterocycles. The van der Waals surface area contributed by atoms with Crippen LogP contribution in [0.2, 0.25) is 0 Å². The van der Waals surface area contributed by atoms with E-state index in [-0.39, 0.29) is 11.1 Å². The topological polar surface area (TPSA) is 44.0 Å². The van der Waals surface area contributed by atoms with Crippen LogP contribution in [0.1, 0.15) is 24.5 Å². The van der Waals surface area contributed by atoms with Crippen LogP contribution < -0.4 is 0 Å². The second kappa shape index (κ2) is 4.78. The van der Waals surface area contributed by atoms with E-state index in [1.165, 1.54) is 18.2 Å². The van der Waals surface area contributed by atoms with Crippen molar-refractivity contribution in [1.82, 2.24) is 0 Å². The molecule has 0 spiro atoms. The molecule has 0 amide bonds. The summed E-state index contributed by atoms with van der Waals surface area (Å²) in [6.07, 6.45) is -7.54. The van der Waals surface area contributed by atoms with Gasteiger partial charge in [-0.15, -0.1) is 0 Å². The Hall–Kier alpha value is -1.68. The van der Waals surface area contributed by atoms with Gasteiger partial charge in [0.1, 0.15) is 0 Å². The number of halogens is 5. The van der Waals surface area contributed by atoms with Gasteiger partial charge in [0.15, 0.2) is 0 Å². The van der Waals surface area contributed by atoms with Crippen LogP contribution in [0.5, 0.6) is 0 Å². The third-order valence-corrected chi connectivity index (χ3v) is 2.59. The van der Waals surface area contributed by atoms with Gasteiger partial charge in [-0.1, -0.05) is 12.1 Å². The zero-order valence-corrected chi connectivity index (χ0v) is 9.80. The number of rotatable bonds is 3. The van der Waals surface area contributed by atoms with Crippen molar-refractivity contribution in [1.29, 1.82) is 5.26 Å². The van der Waals surface area contributed by atoms with Crippen LogP contribution in [-0.4, -0.2) is 17.2 Å². The summed E-state index contributed by atoms with van der Waals surface area (Å²) in [6.45, 7) is 0.850. The highest BCUT2D eigenvalue weighted by atomic mass is 19.4. The highest BCUT2D eigenvalue weighted by Gasteiger charge is 2.59. The minimum Gasteiger partial charge on any atom is -0.385 e. The van der Waals surface area contributed by atoms with Gasteiger partial charge in [-0.05, 0) is 24.6 Å². The summed E-state index contributed by atoms with van der Waals surface area (Å²) >= 11 is 0. The maximum Gasteiger partial charge on any atom is 0.453 e. The summed E-state index contributed by atoms with van der Waals surface area (Å²) < 4.78 is 62.2. The van der Waals surface area contributed by atoms with Crippen molar-refractivity contribution in [3.05, 3.63) is 35.4 Å². The van der Waals surface area contributed by atoms with E-state index in [2.05, 4.69) is 0 Å². The number of benzene rings is 1. The molecule has 1 rings (SSSR count). The number of hydrogen-bond acceptors (Lipinski definition) is 2. The summed E-state index contributed by atoms with van der Waals surface area (Å²) in [5.41, 5.74) is -2.50. The summed E-state index contributed by atoms with van der Waals surface area (Å²) in [5.74, 6) is -5.01. The van der Waals surface area contributed by atoms with E-state index in [0.29, 0.717) is 0 Å². The van der Waals surface area contributed by atoms with Crippen molar-refractivity contribution >= 4 is 0 Å². The van der Waals surface area contributed by atoms with Gasteiger partial charge in [0.25, 0.3) is 0 Å². The van der Waals surface area contributed by atoms with Gasteiger partial charge < -0.3 is 5.11 Å². The lowest BCUT2D eigenvalue weighted by Gasteiger charge is -2.30. The van der Waals surface area contributed by atoms with Crippen molar-refractivity contribution in [2.24, 2.45) is 0 Å². The summed E-state index contributed by atoms with van der Waals surface area (Å²) in [5, 5.41) is 18.4. The molecule has 19 heavy (non-hydrogen) atoms. The fourth-order valence-electron chi connectivity index (χ4n) is 1.56. The second-order valence-corrected chi connectivity index (χ2v) is 4.35. The second-order valence-electron chi connectivity index (χ2n) is 4.35. The number of aliphatic hydroxyl groups is 1. The number of nitrogens with zero attached hydrogens (tertiary/aromatic N) is 1. The Bertz CT molecular complexity index is 502. The standard InChI is InChI=1S/C12H10F5NO/c1-10(19,7-11(13,14)12(15,16)17)9-4-2-3-8(5-9)6-18/h2-5,19H,7H2,1H3. The van der Waals surface area contributed by atoms with Crippen LogP contribution in [0.3, 0.4) is 0 Å². The van der Waals surface area contributed by atoms with Gasteiger partial charge in [-0.25, -0.2) is 0 Å². The quantitative estimate of drug-likeness (QED) is 0.862. The van der Waals surface area contributed by atoms with Gasteiger partial charge in [0.2, 0.25) is 0 Å². The number of nitriles is 1. The van der Waals surface area contributed by atoms with E-state index in [1.54, 1.807) is 6.07 Å². The Kier molecular flexibility index (Phi) is 3.87. The van der Waals surface area contributed by atoms with Crippen LogP contribution in [-0.2, 0) is 5.60 Å². The molecule has 0 saturated carbocycles. The maximum absolute atomic E-state index is 12.9. The lowest BCUT2D eigenvalue weighted by atomic mass is 9.88. The van der Waals surface area contributed by atoms with Crippen molar-refractivity contribution < 1.29 is 27.1 Å². The zero-order valence-electron chi connectivity index (χ0n) is 9.80. The van der Waals surface area contributed by atoms with Crippen molar-refractivity contribution in [2.45, 2.75) is 31.0 Å². The SMILES string of the molecule is CC(O)(CC(F)(F)C(F)(F)F)c1cccc(C#N)c1. The molecule has 0 aromatic heterocycles. The van der Waals surface area contributed by atoms with Crippen LogP contribution in [0.25, 0.3) is 0 Å². The average molecular weight is 279 g/mol. The molecule has 0 saturated heterocycles. The molecular weight excluding hydrogens is 269 g/mol. The van der Waals surface area contributed by atoms with E-state index in [1.807, 2.05) is 0 Å². The van der Waals surface area contributed by atoms with Crippen molar-refractivity contribution in [2.75, 3.05) is 0 Å². The smallest absolute Gasteiger partial charge is 0.385 e. The Morgan fingerprint density at radius 1 is 1.21 bits per heavy atom. The molecule has 1 aromatic rings. The minimum absolute atomic E-state index is 0.0631. The molecular formula is C12H10F5NO. The molecule has 1 unspecified atom stereocenters. The fraction of sp³-hybridized carbons (Fsp3) is 0.417. The number of alkyl halides is 5. The highest BCUT2D eigenvalue weighted by molar-refractivity contribution is 5.35. The third kappa shape index (κ3) is 3.41. The first-order valence-electron chi connectivity index (χ1n) is 5.17. The Labute approximate surface area is 106 Å². The van der Waals surface area contributed by atoms with E-state index in [0.717, 1.165) is 13.0 Å². The molecule has 1 N–H and O–H groups in total. The first kappa shape index (κ1) is 15.4. The van der Waals surface area contributed by atoms with Gasteiger partial charge in [0, 0.05) is 0 Å². The lowest BCUT2D eigenvalue weighted by molar-refractivity contribution is -0.296. The summed E-state index contributed by atoms with van der Waals surface area (Å²) in [6, 6.07) is 6.62. The minimum atomic E-state index is -5.73. The van der Waals surface area contributed by atoms with E-state index >= 15 is 0 Å². The van der Waals surface area contributed by atoms with E-state index in [4.69, 9.17) is 5.26 Å². The molecule has 0 radical (unpaired) electrons. The van der Waals surface area contributed by atoms with E-state index in [9.17, 15) is 27.1 Å². The van der Waals surface area contributed by atoms with Crippen molar-refractivity contribution in [3.8, 4) is 6.07 Å². The van der Waals surface area contributed by atoms with Gasteiger partial charge in [-0.2, -0.15) is 27.2 Å². The molecule has 0 fully saturated rings. The van der Waals surface area contributed by atoms with Crippen LogP contribution in [0.4, 0.5) is 22.0 Å². The fourth-order valence-corrected chi connectivity index (χ4v) is 1.56. The third-order valence-electron chi connectivity index (χ3n) is 2.59. The maximum atomic E-state index is 12.9. The molecule has 0 bridgehead atoms. The molecule has 2 nitrogen and oxygen atoms in total. The normalized spacial score (nSPS) is 15.7. The van der Waals surface area contributed by atoms with Gasteiger partial charge >= 0.3 is 12.1 Å². The predicted octanol–water partition coefficient (Wildman–Crippen LogP) is 3.35. The first-order chi connectivity index (χ1) is 8.49. The van der Waals surface area contributed by atoms with Crippen LogP contribution >= 0.6 is 0 Å². The molecule has 7 heteroatoms. The van der Waals surface area contributed by atoms with Gasteiger partial charge in [0.05, 0.1) is 23.7 Å². The van der Waals surface area contributed by atoms with Crippen LogP contribution in [0.15, 0.2) is 24.3 Å². The Morgan fingerprint density at radius 2 is 1.79 bits per heavy atom. The first-order valence-corrected chi connectivity index (χ1v) is 5.17. The molecule has 0 aliphatic heterocycles. The van der Waals surface area contributed by atoms with E-state index < -0.39 is 24.1 Å². The lowest BCUT2D eigenvalue weighted by Crippen LogP contribution is -2.42. The van der Waals surface area contributed by atoms with Crippen molar-refractivity contribution in [3.63, 3.8) is 0 Å².